The normalized spacial score (nSPS) is 16.4. The molecule has 28 heavy (non-hydrogen) atoms. The molecule has 0 radical (unpaired) electrons. The van der Waals surface area contributed by atoms with E-state index in [2.05, 4.69) is 10.9 Å². The second-order valence-corrected chi connectivity index (χ2v) is 6.96. The van der Waals surface area contributed by atoms with Crippen LogP contribution in [-0.2, 0) is 20.9 Å². The quantitative estimate of drug-likeness (QED) is 0.601. The molecule has 1 aliphatic heterocycles. The molecule has 7 heteroatoms. The number of nitrogens with zero attached hydrogens (tertiary/aromatic N) is 1. The first-order chi connectivity index (χ1) is 13.5. The van der Waals surface area contributed by atoms with Crippen molar-refractivity contribution in [3.63, 3.8) is 0 Å². The van der Waals surface area contributed by atoms with E-state index in [1.165, 1.54) is 6.08 Å². The number of rotatable bonds is 5. The van der Waals surface area contributed by atoms with Gasteiger partial charge in [0.2, 0.25) is 11.8 Å². The molecular weight excluding hydrogens is 378 g/mol. The number of likely N-dealkylation sites (tertiary alicyclic amines) is 1. The Labute approximate surface area is 168 Å². The molecule has 1 unspecified atom stereocenters. The van der Waals surface area contributed by atoms with E-state index in [-0.39, 0.29) is 18.2 Å². The maximum absolute atomic E-state index is 12.3. The van der Waals surface area contributed by atoms with Crippen LogP contribution in [0.3, 0.4) is 0 Å². The molecular formula is C21H20ClN3O3. The van der Waals surface area contributed by atoms with Gasteiger partial charge in [-0.25, -0.2) is 0 Å². The summed E-state index contributed by atoms with van der Waals surface area (Å²) in [4.78, 5) is 37.9. The van der Waals surface area contributed by atoms with Crippen LogP contribution >= 0.6 is 11.6 Å². The van der Waals surface area contributed by atoms with Gasteiger partial charge in [-0.05, 0) is 29.3 Å². The second kappa shape index (κ2) is 9.19. The van der Waals surface area contributed by atoms with E-state index in [0.29, 0.717) is 18.1 Å². The summed E-state index contributed by atoms with van der Waals surface area (Å²) in [6.07, 6.45) is 3.05. The third kappa shape index (κ3) is 5.44. The summed E-state index contributed by atoms with van der Waals surface area (Å²) in [5.41, 5.74) is 6.54. The molecule has 0 aromatic heterocycles. The van der Waals surface area contributed by atoms with Crippen LogP contribution in [0.25, 0.3) is 6.08 Å². The highest BCUT2D eigenvalue weighted by molar-refractivity contribution is 6.30. The molecule has 1 heterocycles. The average molecular weight is 398 g/mol. The highest BCUT2D eigenvalue weighted by atomic mass is 35.5. The number of benzene rings is 2. The van der Waals surface area contributed by atoms with Crippen molar-refractivity contribution in [2.75, 3.05) is 6.54 Å². The van der Waals surface area contributed by atoms with Crippen LogP contribution in [0.15, 0.2) is 60.7 Å². The lowest BCUT2D eigenvalue weighted by atomic mass is 10.1. The first-order valence-electron chi connectivity index (χ1n) is 8.86. The fraction of sp³-hybridized carbons (Fsp3) is 0.190. The third-order valence-electron chi connectivity index (χ3n) is 4.41. The second-order valence-electron chi connectivity index (χ2n) is 6.52. The zero-order valence-corrected chi connectivity index (χ0v) is 15.9. The van der Waals surface area contributed by atoms with E-state index in [9.17, 15) is 14.4 Å². The summed E-state index contributed by atoms with van der Waals surface area (Å²) in [5, 5.41) is 0.612. The molecule has 2 N–H and O–H groups in total. The Hall–Kier alpha value is -3.12. The monoisotopic (exact) mass is 397 g/mol. The number of carbonyl (C=O) groups excluding carboxylic acids is 3. The first-order valence-corrected chi connectivity index (χ1v) is 9.24. The number of hydrazine groups is 1. The van der Waals surface area contributed by atoms with Gasteiger partial charge in [0, 0.05) is 30.6 Å². The van der Waals surface area contributed by atoms with Gasteiger partial charge in [0.05, 0.1) is 5.92 Å². The third-order valence-corrected chi connectivity index (χ3v) is 4.66. The Bertz CT molecular complexity index is 882. The van der Waals surface area contributed by atoms with Gasteiger partial charge in [-0.3, -0.25) is 25.2 Å². The van der Waals surface area contributed by atoms with E-state index in [1.807, 2.05) is 30.3 Å². The van der Waals surface area contributed by atoms with Gasteiger partial charge >= 0.3 is 0 Å². The van der Waals surface area contributed by atoms with Gasteiger partial charge in [0.25, 0.3) is 5.91 Å². The fourth-order valence-corrected chi connectivity index (χ4v) is 3.04. The van der Waals surface area contributed by atoms with Gasteiger partial charge in [0.1, 0.15) is 0 Å². The molecule has 1 fully saturated rings. The van der Waals surface area contributed by atoms with Gasteiger partial charge < -0.3 is 4.90 Å². The number of hydrogen-bond acceptors (Lipinski definition) is 3. The lowest BCUT2D eigenvalue weighted by Gasteiger charge is -2.16. The van der Waals surface area contributed by atoms with Crippen LogP contribution in [0.1, 0.15) is 17.5 Å². The zero-order chi connectivity index (χ0) is 19.9. The summed E-state index contributed by atoms with van der Waals surface area (Å²) >= 11 is 5.81. The highest BCUT2D eigenvalue weighted by Gasteiger charge is 2.34. The minimum atomic E-state index is -0.489. The molecule has 144 valence electrons. The van der Waals surface area contributed by atoms with Crippen LogP contribution in [0.4, 0.5) is 0 Å². The summed E-state index contributed by atoms with van der Waals surface area (Å²) < 4.78 is 0. The first kappa shape index (κ1) is 19.6. The summed E-state index contributed by atoms with van der Waals surface area (Å²) in [6, 6.07) is 16.6. The largest absolute Gasteiger partial charge is 0.338 e. The molecule has 0 aliphatic carbocycles. The van der Waals surface area contributed by atoms with E-state index in [4.69, 9.17) is 11.6 Å². The van der Waals surface area contributed by atoms with Gasteiger partial charge in [0.15, 0.2) is 0 Å². The van der Waals surface area contributed by atoms with Crippen LogP contribution in [0, 0.1) is 5.92 Å². The maximum atomic E-state index is 12.3. The van der Waals surface area contributed by atoms with Gasteiger partial charge in [-0.15, -0.1) is 0 Å². The van der Waals surface area contributed by atoms with E-state index >= 15 is 0 Å². The standard InChI is InChI=1S/C21H20ClN3O3/c22-18-9-6-15(7-10-18)8-11-19(26)23-24-21(28)17-12-20(27)25(14-17)13-16-4-2-1-3-5-16/h1-11,17H,12-14H2,(H,23,26)(H,24,28)/b11-8+. The molecule has 1 atom stereocenters. The van der Waals surface area contributed by atoms with Crippen molar-refractivity contribution in [2.45, 2.75) is 13.0 Å². The molecule has 3 amide bonds. The smallest absolute Gasteiger partial charge is 0.262 e. The number of halogens is 1. The summed E-state index contributed by atoms with van der Waals surface area (Å²) in [5.74, 6) is -1.40. The van der Waals surface area contributed by atoms with Crippen molar-refractivity contribution in [1.82, 2.24) is 15.8 Å². The van der Waals surface area contributed by atoms with Crippen molar-refractivity contribution in [3.8, 4) is 0 Å². The summed E-state index contributed by atoms with van der Waals surface area (Å²) in [6.45, 7) is 0.801. The Morgan fingerprint density at radius 3 is 2.50 bits per heavy atom. The number of carbonyl (C=O) groups is 3. The fourth-order valence-electron chi connectivity index (χ4n) is 2.92. The molecule has 1 aliphatic rings. The molecule has 3 rings (SSSR count). The predicted molar refractivity (Wildman–Crippen MR) is 107 cm³/mol. The van der Waals surface area contributed by atoms with Crippen LogP contribution in [-0.4, -0.2) is 29.2 Å². The molecule has 0 spiro atoms. The molecule has 0 saturated carbocycles. The predicted octanol–water partition coefficient (Wildman–Crippen LogP) is 2.55. The summed E-state index contributed by atoms with van der Waals surface area (Å²) in [7, 11) is 0. The number of amides is 3. The van der Waals surface area contributed by atoms with Crippen LogP contribution in [0.5, 0.6) is 0 Å². The Morgan fingerprint density at radius 2 is 1.79 bits per heavy atom. The van der Waals surface area contributed by atoms with E-state index in [1.54, 1.807) is 35.2 Å². The van der Waals surface area contributed by atoms with Crippen LogP contribution < -0.4 is 10.9 Å². The number of hydrogen-bond donors (Lipinski definition) is 2. The van der Waals surface area contributed by atoms with Crippen molar-refractivity contribution < 1.29 is 14.4 Å². The van der Waals surface area contributed by atoms with Crippen molar-refractivity contribution >= 4 is 35.4 Å². The SMILES string of the molecule is O=C(/C=C/c1ccc(Cl)cc1)NNC(=O)C1CC(=O)N(Cc2ccccc2)C1. The van der Waals surface area contributed by atoms with Gasteiger partial charge in [-0.1, -0.05) is 54.1 Å². The molecule has 0 bridgehead atoms. The van der Waals surface area contributed by atoms with Crippen molar-refractivity contribution in [1.29, 1.82) is 0 Å². The minimum absolute atomic E-state index is 0.0713. The van der Waals surface area contributed by atoms with E-state index < -0.39 is 11.8 Å². The van der Waals surface area contributed by atoms with E-state index in [0.717, 1.165) is 11.1 Å². The Balaban J connectivity index is 1.46. The Morgan fingerprint density at radius 1 is 1.07 bits per heavy atom. The van der Waals surface area contributed by atoms with Crippen molar-refractivity contribution in [2.24, 2.45) is 5.92 Å². The molecule has 6 nitrogen and oxygen atoms in total. The molecule has 1 saturated heterocycles. The lowest BCUT2D eigenvalue weighted by molar-refractivity contribution is -0.130. The zero-order valence-electron chi connectivity index (χ0n) is 15.1. The Kier molecular flexibility index (Phi) is 6.45. The minimum Gasteiger partial charge on any atom is -0.338 e. The maximum Gasteiger partial charge on any atom is 0.262 e. The topological polar surface area (TPSA) is 78.5 Å². The average Bonchev–Trinajstić information content (AvgIpc) is 3.07. The van der Waals surface area contributed by atoms with Crippen molar-refractivity contribution in [3.05, 3.63) is 76.8 Å². The highest BCUT2D eigenvalue weighted by Crippen LogP contribution is 2.20. The number of nitrogens with one attached hydrogen (secondary N) is 2. The lowest BCUT2D eigenvalue weighted by Crippen LogP contribution is -2.44. The van der Waals surface area contributed by atoms with Crippen LogP contribution in [0.2, 0.25) is 5.02 Å². The molecule has 2 aromatic carbocycles. The molecule has 2 aromatic rings. The van der Waals surface area contributed by atoms with Gasteiger partial charge in [-0.2, -0.15) is 0 Å².